The Morgan fingerprint density at radius 1 is 1.33 bits per heavy atom. The molecule has 0 saturated heterocycles. The molecular weight excluding hydrogens is 342 g/mol. The third-order valence-corrected chi connectivity index (χ3v) is 4.84. The quantitative estimate of drug-likeness (QED) is 0.424. The van der Waals surface area contributed by atoms with Crippen LogP contribution in [0.5, 0.6) is 0 Å². The number of aromatic amines is 1. The Hall–Kier alpha value is -2.70. The van der Waals surface area contributed by atoms with Crippen LogP contribution in [0.3, 0.4) is 0 Å². The normalized spacial score (nSPS) is 15.4. The van der Waals surface area contributed by atoms with E-state index < -0.39 is 0 Å². The van der Waals surface area contributed by atoms with Crippen molar-refractivity contribution in [3.8, 4) is 0 Å². The molecule has 2 aromatic rings. The highest BCUT2D eigenvalue weighted by molar-refractivity contribution is 5.83. The van der Waals surface area contributed by atoms with Crippen molar-refractivity contribution in [1.29, 1.82) is 0 Å². The molecule has 0 spiro atoms. The first-order valence-corrected chi connectivity index (χ1v) is 9.64. The summed E-state index contributed by atoms with van der Waals surface area (Å²) < 4.78 is 5.00. The summed E-state index contributed by atoms with van der Waals surface area (Å²) in [7, 11) is 1.76. The van der Waals surface area contributed by atoms with E-state index >= 15 is 0 Å². The van der Waals surface area contributed by atoms with Gasteiger partial charge < -0.3 is 25.7 Å². The van der Waals surface area contributed by atoms with Gasteiger partial charge in [-0.25, -0.2) is 4.79 Å². The van der Waals surface area contributed by atoms with Gasteiger partial charge in [-0.3, -0.25) is 4.99 Å². The van der Waals surface area contributed by atoms with Crippen molar-refractivity contribution in [2.75, 3.05) is 26.7 Å². The number of aliphatic imine (C=N–C) groups is 1. The number of benzene rings is 1. The maximum atomic E-state index is 11.7. The van der Waals surface area contributed by atoms with Crippen molar-refractivity contribution in [3.63, 3.8) is 0 Å². The van der Waals surface area contributed by atoms with Gasteiger partial charge in [-0.05, 0) is 43.7 Å². The summed E-state index contributed by atoms with van der Waals surface area (Å²) >= 11 is 0. The summed E-state index contributed by atoms with van der Waals surface area (Å²) in [6, 6.07) is 8.38. The van der Waals surface area contributed by atoms with Gasteiger partial charge in [0.25, 0.3) is 0 Å². The Balaban J connectivity index is 1.45. The summed E-state index contributed by atoms with van der Waals surface area (Å²) in [5, 5.41) is 10.9. The molecular formula is C20H29N5O2. The molecule has 1 aromatic carbocycles. The van der Waals surface area contributed by atoms with Crippen LogP contribution in [-0.2, 0) is 11.2 Å². The topological polar surface area (TPSA) is 90.5 Å². The molecule has 1 aliphatic carbocycles. The molecule has 1 atom stereocenters. The molecule has 4 N–H and O–H groups in total. The highest BCUT2D eigenvalue weighted by Crippen LogP contribution is 2.32. The zero-order valence-electron chi connectivity index (χ0n) is 16.0. The van der Waals surface area contributed by atoms with E-state index in [0.717, 1.165) is 37.3 Å². The fraction of sp³-hybridized carbons (Fsp3) is 0.500. The van der Waals surface area contributed by atoms with Gasteiger partial charge in [0.2, 0.25) is 0 Å². The van der Waals surface area contributed by atoms with Crippen LogP contribution in [0.15, 0.2) is 35.5 Å². The average Bonchev–Trinajstić information content (AvgIpc) is 3.44. The zero-order valence-corrected chi connectivity index (χ0v) is 16.0. The van der Waals surface area contributed by atoms with Crippen LogP contribution in [-0.4, -0.2) is 49.8 Å². The largest absolute Gasteiger partial charge is 0.450 e. The lowest BCUT2D eigenvalue weighted by Gasteiger charge is -2.20. The van der Waals surface area contributed by atoms with Crippen molar-refractivity contribution in [2.24, 2.45) is 10.9 Å². The van der Waals surface area contributed by atoms with Crippen LogP contribution in [0.2, 0.25) is 0 Å². The van der Waals surface area contributed by atoms with Gasteiger partial charge in [-0.15, -0.1) is 0 Å². The van der Waals surface area contributed by atoms with Crippen molar-refractivity contribution < 1.29 is 9.53 Å². The molecule has 1 aliphatic rings. The van der Waals surface area contributed by atoms with Crippen molar-refractivity contribution in [2.45, 2.75) is 32.2 Å². The standard InChI is InChI=1S/C20H29N5O2/c1-3-27-20(26)25-18(14-8-9-14)13-24-19(21-2)22-11-10-15-12-23-17-7-5-4-6-16(15)17/h4-7,12,14,18,23H,3,8-11,13H2,1-2H3,(H,25,26)(H2,21,22,24). The Morgan fingerprint density at radius 3 is 2.89 bits per heavy atom. The van der Waals surface area contributed by atoms with Gasteiger partial charge in [-0.1, -0.05) is 18.2 Å². The van der Waals surface area contributed by atoms with Crippen LogP contribution < -0.4 is 16.0 Å². The van der Waals surface area contributed by atoms with Crippen LogP contribution in [0.4, 0.5) is 4.79 Å². The minimum Gasteiger partial charge on any atom is -0.450 e. The molecule has 1 heterocycles. The predicted molar refractivity (Wildman–Crippen MR) is 108 cm³/mol. The lowest BCUT2D eigenvalue weighted by molar-refractivity contribution is 0.146. The lowest BCUT2D eigenvalue weighted by Crippen LogP contribution is -2.48. The number of para-hydroxylation sites is 1. The van der Waals surface area contributed by atoms with Gasteiger partial charge in [-0.2, -0.15) is 0 Å². The van der Waals surface area contributed by atoms with E-state index in [4.69, 9.17) is 4.74 Å². The third-order valence-electron chi connectivity index (χ3n) is 4.84. The summed E-state index contributed by atoms with van der Waals surface area (Å²) in [4.78, 5) is 19.3. The number of aromatic nitrogens is 1. The molecule has 27 heavy (non-hydrogen) atoms. The number of guanidine groups is 1. The first-order chi connectivity index (χ1) is 13.2. The number of rotatable bonds is 8. The number of H-pyrrole nitrogens is 1. The summed E-state index contributed by atoms with van der Waals surface area (Å²) in [6.45, 7) is 3.61. The molecule has 7 heteroatoms. The highest BCUT2D eigenvalue weighted by atomic mass is 16.5. The number of nitrogens with zero attached hydrogens (tertiary/aromatic N) is 1. The van der Waals surface area contributed by atoms with E-state index in [9.17, 15) is 4.79 Å². The molecule has 0 radical (unpaired) electrons. The van der Waals surface area contributed by atoms with Crippen LogP contribution >= 0.6 is 0 Å². The molecule has 0 bridgehead atoms. The third kappa shape index (κ3) is 5.39. The fourth-order valence-electron chi connectivity index (χ4n) is 3.24. The predicted octanol–water partition coefficient (Wildman–Crippen LogP) is 2.40. The second-order valence-corrected chi connectivity index (χ2v) is 6.80. The van der Waals surface area contributed by atoms with E-state index in [1.807, 2.05) is 13.0 Å². The smallest absolute Gasteiger partial charge is 0.407 e. The van der Waals surface area contributed by atoms with Crippen molar-refractivity contribution in [1.82, 2.24) is 20.9 Å². The number of ether oxygens (including phenoxy) is 1. The number of hydrogen-bond acceptors (Lipinski definition) is 3. The fourth-order valence-corrected chi connectivity index (χ4v) is 3.24. The van der Waals surface area contributed by atoms with Gasteiger partial charge in [0, 0.05) is 37.2 Å². The van der Waals surface area contributed by atoms with Crippen LogP contribution in [0.25, 0.3) is 10.9 Å². The Kier molecular flexibility index (Phi) is 6.57. The number of amides is 1. The van der Waals surface area contributed by atoms with E-state index in [2.05, 4.69) is 50.3 Å². The van der Waals surface area contributed by atoms with Gasteiger partial charge in [0.15, 0.2) is 5.96 Å². The molecule has 1 unspecified atom stereocenters. The molecule has 1 fully saturated rings. The van der Waals surface area contributed by atoms with Crippen molar-refractivity contribution >= 4 is 23.0 Å². The average molecular weight is 371 g/mol. The Bertz CT molecular complexity index is 782. The van der Waals surface area contributed by atoms with Crippen LogP contribution in [0, 0.1) is 5.92 Å². The lowest BCUT2D eigenvalue weighted by atomic mass is 10.1. The molecule has 146 valence electrons. The summed E-state index contributed by atoms with van der Waals surface area (Å²) in [5.74, 6) is 1.26. The van der Waals surface area contributed by atoms with E-state index in [1.54, 1.807) is 7.05 Å². The molecule has 1 saturated carbocycles. The van der Waals surface area contributed by atoms with E-state index in [1.165, 1.54) is 10.9 Å². The van der Waals surface area contributed by atoms with Gasteiger partial charge >= 0.3 is 6.09 Å². The molecule has 3 rings (SSSR count). The van der Waals surface area contributed by atoms with Gasteiger partial charge in [0.1, 0.15) is 0 Å². The zero-order chi connectivity index (χ0) is 19.1. The SMILES string of the molecule is CCOC(=O)NC(CNC(=NC)NCCc1c[nH]c2ccccc12)C1CC1. The summed E-state index contributed by atoms with van der Waals surface area (Å²) in [5.41, 5.74) is 2.45. The summed E-state index contributed by atoms with van der Waals surface area (Å²) in [6.07, 6.45) is 4.90. The van der Waals surface area contributed by atoms with E-state index in [-0.39, 0.29) is 12.1 Å². The second kappa shape index (κ2) is 9.30. The Labute approximate surface area is 160 Å². The first kappa shape index (κ1) is 19.1. The number of carbonyl (C=O) groups excluding carboxylic acids is 1. The minimum atomic E-state index is -0.349. The number of alkyl carbamates (subject to hydrolysis) is 1. The van der Waals surface area contributed by atoms with E-state index in [0.29, 0.717) is 19.1 Å². The number of carbonyl (C=O) groups is 1. The van der Waals surface area contributed by atoms with Crippen molar-refractivity contribution in [3.05, 3.63) is 36.0 Å². The molecule has 0 aliphatic heterocycles. The van der Waals surface area contributed by atoms with Gasteiger partial charge in [0.05, 0.1) is 12.6 Å². The molecule has 1 amide bonds. The maximum absolute atomic E-state index is 11.7. The molecule has 7 nitrogen and oxygen atoms in total. The number of nitrogens with one attached hydrogen (secondary N) is 4. The number of fused-ring (bicyclic) bond motifs is 1. The monoisotopic (exact) mass is 371 g/mol. The Morgan fingerprint density at radius 2 is 2.15 bits per heavy atom. The maximum Gasteiger partial charge on any atom is 0.407 e. The second-order valence-electron chi connectivity index (χ2n) is 6.80. The minimum absolute atomic E-state index is 0.0659. The molecule has 1 aromatic heterocycles. The van der Waals surface area contributed by atoms with Crippen LogP contribution in [0.1, 0.15) is 25.3 Å². The highest BCUT2D eigenvalue weighted by Gasteiger charge is 2.32. The first-order valence-electron chi connectivity index (χ1n) is 9.64. The number of hydrogen-bond donors (Lipinski definition) is 4.